The molecule has 0 aliphatic heterocycles. The van der Waals surface area contributed by atoms with Crippen molar-refractivity contribution in [3.05, 3.63) is 35.9 Å². The second-order valence-electron chi connectivity index (χ2n) is 8.32. The average molecular weight is 418 g/mol. The molecule has 7 nitrogen and oxygen atoms in total. The number of amides is 3. The van der Waals surface area contributed by atoms with Crippen molar-refractivity contribution in [1.82, 2.24) is 10.6 Å². The van der Waals surface area contributed by atoms with Gasteiger partial charge in [-0.15, -0.1) is 11.5 Å². The van der Waals surface area contributed by atoms with Crippen molar-refractivity contribution < 1.29 is 19.1 Å². The van der Waals surface area contributed by atoms with E-state index in [0.29, 0.717) is 0 Å². The van der Waals surface area contributed by atoms with Gasteiger partial charge in [0.15, 0.2) is 0 Å². The van der Waals surface area contributed by atoms with Crippen LogP contribution < -0.4 is 16.4 Å². The van der Waals surface area contributed by atoms with Crippen LogP contribution >= 0.6 is 0 Å². The predicted molar refractivity (Wildman–Crippen MR) is 115 cm³/mol. The van der Waals surface area contributed by atoms with Crippen molar-refractivity contribution in [2.24, 2.45) is 5.73 Å². The van der Waals surface area contributed by atoms with Gasteiger partial charge < -0.3 is 21.1 Å². The van der Waals surface area contributed by atoms with Gasteiger partial charge in [0.1, 0.15) is 27.3 Å². The molecule has 1 atom stereocenters. The molecule has 0 heterocycles. The molecule has 1 aromatic rings. The molecule has 0 saturated carbocycles. The van der Waals surface area contributed by atoms with Crippen LogP contribution in [0.4, 0.5) is 4.79 Å². The zero-order valence-corrected chi connectivity index (χ0v) is 18.8. The molecule has 4 N–H and O–H groups in total. The lowest BCUT2D eigenvalue weighted by Crippen LogP contribution is -2.47. The molecule has 29 heavy (non-hydrogen) atoms. The first kappa shape index (κ1) is 24.2. The number of primary amides is 1. The molecule has 1 rings (SSSR count). The number of rotatable bonds is 7. The molecular formula is C21H31N3O4Si. The van der Waals surface area contributed by atoms with E-state index in [9.17, 15) is 14.4 Å². The lowest BCUT2D eigenvalue weighted by atomic mass is 10.2. The maximum atomic E-state index is 12.0. The van der Waals surface area contributed by atoms with Gasteiger partial charge in [0, 0.05) is 6.42 Å². The Kier molecular flexibility index (Phi) is 8.92. The van der Waals surface area contributed by atoms with Crippen LogP contribution in [0, 0.1) is 11.5 Å². The Morgan fingerprint density at radius 1 is 1.17 bits per heavy atom. The van der Waals surface area contributed by atoms with Gasteiger partial charge in [-0.3, -0.25) is 9.59 Å². The van der Waals surface area contributed by atoms with Crippen LogP contribution in [0.2, 0.25) is 18.1 Å². The van der Waals surface area contributed by atoms with Gasteiger partial charge in [-0.05, 0) is 10.6 Å². The van der Waals surface area contributed by atoms with Gasteiger partial charge in [0.25, 0.3) is 0 Å². The van der Waals surface area contributed by atoms with Crippen LogP contribution in [0.15, 0.2) is 30.3 Å². The van der Waals surface area contributed by atoms with Crippen LogP contribution in [0.5, 0.6) is 0 Å². The third-order valence-corrected chi connectivity index (χ3v) is 9.42. The van der Waals surface area contributed by atoms with Crippen LogP contribution in [-0.4, -0.2) is 38.6 Å². The fourth-order valence-corrected chi connectivity index (χ4v) is 2.88. The second-order valence-corrected chi connectivity index (χ2v) is 13.3. The molecule has 3 amide bonds. The summed E-state index contributed by atoms with van der Waals surface area (Å²) < 4.78 is 5.03. The number of alkyl carbamates (subject to hydrolysis) is 1. The fourth-order valence-electron chi connectivity index (χ4n) is 1.96. The molecule has 0 spiro atoms. The highest BCUT2D eigenvalue weighted by Gasteiger charge is 2.33. The van der Waals surface area contributed by atoms with E-state index < -0.39 is 32.0 Å². The Hall–Kier alpha value is -2.79. The highest BCUT2D eigenvalue weighted by atomic mass is 28.3. The van der Waals surface area contributed by atoms with Crippen molar-refractivity contribution in [2.45, 2.75) is 58.0 Å². The molecular weight excluding hydrogens is 386 g/mol. The van der Waals surface area contributed by atoms with Gasteiger partial charge in [-0.1, -0.05) is 64.2 Å². The number of benzene rings is 1. The van der Waals surface area contributed by atoms with Crippen LogP contribution in [0.25, 0.3) is 0 Å². The van der Waals surface area contributed by atoms with Gasteiger partial charge in [0.2, 0.25) is 11.8 Å². The number of carbonyl (C=O) groups excluding carboxylic acids is 3. The number of nitrogens with two attached hydrogens (primary N) is 1. The minimum atomic E-state index is -1.81. The standard InChI is InChI=1S/C21H31N3O4Si/c1-21(2,3)29(4,5)13-9-12-17(19(22)26)24-18(25)14-23-20(27)28-15-16-10-7-6-8-11-16/h6-8,10-11,17H,12,14-15H2,1-5H3,(H2,22,26)(H,23,27)(H,24,25)/t17-/m1/s1. The zero-order valence-electron chi connectivity index (χ0n) is 17.8. The Labute approximate surface area is 173 Å². The first-order chi connectivity index (χ1) is 13.4. The van der Waals surface area contributed by atoms with Crippen molar-refractivity contribution in [3.63, 3.8) is 0 Å². The highest BCUT2D eigenvalue weighted by molar-refractivity contribution is 6.87. The molecule has 0 aliphatic rings. The number of hydrogen-bond acceptors (Lipinski definition) is 4. The third kappa shape index (κ3) is 8.83. The maximum Gasteiger partial charge on any atom is 0.407 e. The molecule has 8 heteroatoms. The van der Waals surface area contributed by atoms with Crippen LogP contribution in [0.3, 0.4) is 0 Å². The minimum Gasteiger partial charge on any atom is -0.445 e. The molecule has 0 aliphatic carbocycles. The number of carbonyl (C=O) groups is 3. The zero-order chi connectivity index (χ0) is 22.1. The smallest absolute Gasteiger partial charge is 0.407 e. The molecule has 0 unspecified atom stereocenters. The lowest BCUT2D eigenvalue weighted by molar-refractivity contribution is -0.126. The monoisotopic (exact) mass is 417 g/mol. The van der Waals surface area contributed by atoms with Gasteiger partial charge >= 0.3 is 6.09 Å². The first-order valence-electron chi connectivity index (χ1n) is 9.45. The summed E-state index contributed by atoms with van der Waals surface area (Å²) in [7, 11) is -1.81. The Bertz CT molecular complexity index is 777. The summed E-state index contributed by atoms with van der Waals surface area (Å²) >= 11 is 0. The highest BCUT2D eigenvalue weighted by Crippen LogP contribution is 2.35. The Balaban J connectivity index is 2.48. The van der Waals surface area contributed by atoms with E-state index in [1.165, 1.54) is 0 Å². The summed E-state index contributed by atoms with van der Waals surface area (Å²) in [6, 6.07) is 8.26. The van der Waals surface area contributed by atoms with Crippen molar-refractivity contribution >= 4 is 26.0 Å². The van der Waals surface area contributed by atoms with E-state index in [4.69, 9.17) is 10.5 Å². The van der Waals surface area contributed by atoms with E-state index >= 15 is 0 Å². The molecule has 0 radical (unpaired) electrons. The molecule has 0 fully saturated rings. The maximum absolute atomic E-state index is 12.0. The van der Waals surface area contributed by atoms with Crippen molar-refractivity contribution in [1.29, 1.82) is 0 Å². The Morgan fingerprint density at radius 3 is 2.34 bits per heavy atom. The van der Waals surface area contributed by atoms with E-state index in [0.717, 1.165) is 5.56 Å². The lowest BCUT2D eigenvalue weighted by Gasteiger charge is -2.31. The quantitative estimate of drug-likeness (QED) is 0.467. The minimum absolute atomic E-state index is 0.0928. The summed E-state index contributed by atoms with van der Waals surface area (Å²) in [5.74, 6) is 1.79. The summed E-state index contributed by atoms with van der Waals surface area (Å²) in [6.45, 7) is 10.5. The van der Waals surface area contributed by atoms with Gasteiger partial charge in [0.05, 0.1) is 0 Å². The number of hydrogen-bond donors (Lipinski definition) is 3. The molecule has 158 valence electrons. The summed E-state index contributed by atoms with van der Waals surface area (Å²) in [6.07, 6.45) is -0.594. The van der Waals surface area contributed by atoms with Crippen molar-refractivity contribution in [3.8, 4) is 11.5 Å². The van der Waals surface area contributed by atoms with E-state index in [1.54, 1.807) is 0 Å². The first-order valence-corrected chi connectivity index (χ1v) is 12.5. The second kappa shape index (κ2) is 10.7. The van der Waals surface area contributed by atoms with E-state index in [1.807, 2.05) is 30.3 Å². The topological polar surface area (TPSA) is 111 Å². The average Bonchev–Trinajstić information content (AvgIpc) is 2.63. The molecule has 1 aromatic carbocycles. The third-order valence-electron chi connectivity index (χ3n) is 4.87. The summed E-state index contributed by atoms with van der Waals surface area (Å²) in [5.41, 5.74) is 9.48. The van der Waals surface area contributed by atoms with Crippen molar-refractivity contribution in [2.75, 3.05) is 6.54 Å². The fraction of sp³-hybridized carbons (Fsp3) is 0.476. The summed E-state index contributed by atoms with van der Waals surface area (Å²) in [4.78, 5) is 35.3. The number of nitrogens with one attached hydrogen (secondary N) is 2. The van der Waals surface area contributed by atoms with Crippen LogP contribution in [-0.2, 0) is 20.9 Å². The van der Waals surface area contributed by atoms with Gasteiger partial charge in [-0.2, -0.15) is 0 Å². The predicted octanol–water partition coefficient (Wildman–Crippen LogP) is 2.32. The SMILES string of the molecule is CC(C)(C)[Si](C)(C)C#CC[C@@H](NC(=O)CNC(=O)OCc1ccccc1)C(N)=O. The van der Waals surface area contributed by atoms with Crippen LogP contribution in [0.1, 0.15) is 32.8 Å². The summed E-state index contributed by atoms with van der Waals surface area (Å²) in [5, 5.41) is 4.94. The van der Waals surface area contributed by atoms with E-state index in [-0.39, 0.29) is 24.6 Å². The molecule has 0 aromatic heterocycles. The Morgan fingerprint density at radius 2 is 1.79 bits per heavy atom. The van der Waals surface area contributed by atoms with Gasteiger partial charge in [-0.25, -0.2) is 4.79 Å². The normalized spacial score (nSPS) is 12.2. The number of ether oxygens (including phenoxy) is 1. The van der Waals surface area contributed by atoms with E-state index in [2.05, 4.69) is 56.0 Å². The molecule has 0 bridgehead atoms. The largest absolute Gasteiger partial charge is 0.445 e. The molecule has 0 saturated heterocycles.